The van der Waals surface area contributed by atoms with Gasteiger partial charge in [0, 0.05) is 46.0 Å². The molecule has 2 N–H and O–H groups in total. The highest BCUT2D eigenvalue weighted by molar-refractivity contribution is 8.00. The van der Waals surface area contributed by atoms with Gasteiger partial charge in [0.2, 0.25) is 10.0 Å². The number of likely N-dealkylation sites (N-methyl/N-ethyl adjacent to an activating group) is 1. The summed E-state index contributed by atoms with van der Waals surface area (Å²) in [6.45, 7) is 2.18. The molecule has 174 valence electrons. The Morgan fingerprint density at radius 3 is 2.00 bits per heavy atom. The van der Waals surface area contributed by atoms with E-state index >= 15 is 0 Å². The highest BCUT2D eigenvalue weighted by Crippen LogP contribution is 2.37. The van der Waals surface area contributed by atoms with Crippen molar-refractivity contribution >= 4 is 55.4 Å². The first kappa shape index (κ1) is 26.8. The van der Waals surface area contributed by atoms with Gasteiger partial charge in [-0.25, -0.2) is 8.42 Å². The van der Waals surface area contributed by atoms with Crippen molar-refractivity contribution in [3.05, 3.63) is 52.0 Å². The second-order valence-electron chi connectivity index (χ2n) is 6.64. The molecule has 9 nitrogen and oxygen atoms in total. The van der Waals surface area contributed by atoms with Gasteiger partial charge in [-0.3, -0.25) is 9.11 Å². The third-order valence-electron chi connectivity index (χ3n) is 4.22. The van der Waals surface area contributed by atoms with Crippen LogP contribution in [0.15, 0.2) is 51.1 Å². The van der Waals surface area contributed by atoms with Crippen LogP contribution < -0.4 is 0 Å². The summed E-state index contributed by atoms with van der Waals surface area (Å²) in [7, 11) is -6.42. The monoisotopic (exact) mass is 539 g/mol. The van der Waals surface area contributed by atoms with E-state index in [0.717, 1.165) is 4.90 Å². The van der Waals surface area contributed by atoms with E-state index in [9.17, 15) is 13.7 Å². The molecule has 2 aromatic carbocycles. The molecule has 0 amide bonds. The quantitative estimate of drug-likeness (QED) is 0.559. The molecule has 0 aromatic heterocycles. The number of rotatable bonds is 4. The Bertz CT molecular complexity index is 1200. The maximum atomic E-state index is 13.2. The van der Waals surface area contributed by atoms with E-state index in [1.165, 1.54) is 22.1 Å². The predicted molar refractivity (Wildman–Crippen MR) is 122 cm³/mol. The van der Waals surface area contributed by atoms with Crippen LogP contribution in [0.1, 0.15) is 5.56 Å². The molecule has 1 aliphatic rings. The van der Waals surface area contributed by atoms with Gasteiger partial charge < -0.3 is 4.90 Å². The second kappa shape index (κ2) is 11.1. The van der Waals surface area contributed by atoms with Crippen molar-refractivity contribution in [3.63, 3.8) is 0 Å². The smallest absolute Gasteiger partial charge is 0.304 e. The molecule has 32 heavy (non-hydrogen) atoms. The zero-order chi connectivity index (χ0) is 24.1. The van der Waals surface area contributed by atoms with E-state index in [1.54, 1.807) is 30.3 Å². The van der Waals surface area contributed by atoms with Crippen LogP contribution in [0, 0.1) is 11.3 Å². The van der Waals surface area contributed by atoms with E-state index in [-0.39, 0.29) is 4.90 Å². The van der Waals surface area contributed by atoms with Crippen molar-refractivity contribution in [2.24, 2.45) is 0 Å². The summed E-state index contributed by atoms with van der Waals surface area (Å²) in [4.78, 5) is 3.48. The minimum atomic E-state index is -4.67. The first-order valence-electron chi connectivity index (χ1n) is 8.86. The minimum Gasteiger partial charge on any atom is -0.304 e. The Balaban J connectivity index is 0.000000654. The van der Waals surface area contributed by atoms with Gasteiger partial charge in [0.25, 0.3) is 0 Å². The van der Waals surface area contributed by atoms with Crippen molar-refractivity contribution in [2.45, 2.75) is 14.7 Å². The number of hydrogen-bond donors (Lipinski definition) is 2. The molecule has 14 heteroatoms. The summed E-state index contributed by atoms with van der Waals surface area (Å²) in [5, 5.41) is 10.2. The van der Waals surface area contributed by atoms with Gasteiger partial charge in [-0.2, -0.15) is 18.0 Å². The second-order valence-corrected chi connectivity index (χ2v) is 11.4. The Morgan fingerprint density at radius 2 is 1.50 bits per heavy atom. The lowest BCUT2D eigenvalue weighted by atomic mass is 10.2. The van der Waals surface area contributed by atoms with Gasteiger partial charge in [-0.05, 0) is 43.4 Å². The molecule has 2 aromatic rings. The van der Waals surface area contributed by atoms with Gasteiger partial charge in [0.15, 0.2) is 0 Å². The first-order valence-corrected chi connectivity index (χ1v) is 13.3. The van der Waals surface area contributed by atoms with Crippen LogP contribution in [0.2, 0.25) is 10.0 Å². The van der Waals surface area contributed by atoms with Crippen molar-refractivity contribution in [1.82, 2.24) is 9.21 Å². The molecule has 1 saturated heterocycles. The Morgan fingerprint density at radius 1 is 0.969 bits per heavy atom. The summed E-state index contributed by atoms with van der Waals surface area (Å²) in [6, 6.07) is 11.8. The summed E-state index contributed by atoms with van der Waals surface area (Å²) in [5.74, 6) is 0. The lowest BCUT2D eigenvalue weighted by molar-refractivity contribution is 0.222. The van der Waals surface area contributed by atoms with Crippen LogP contribution in [-0.2, 0) is 20.4 Å². The van der Waals surface area contributed by atoms with Gasteiger partial charge in [-0.1, -0.05) is 35.0 Å². The van der Waals surface area contributed by atoms with Crippen LogP contribution >= 0.6 is 35.0 Å². The van der Waals surface area contributed by atoms with Crippen molar-refractivity contribution < 1.29 is 25.9 Å². The average Bonchev–Trinajstić information content (AvgIpc) is 2.66. The molecule has 0 aliphatic carbocycles. The molecule has 1 heterocycles. The van der Waals surface area contributed by atoms with Gasteiger partial charge in [0.05, 0.1) is 16.5 Å². The summed E-state index contributed by atoms with van der Waals surface area (Å²) >= 11 is 13.4. The third kappa shape index (κ3) is 8.18. The largest absolute Gasteiger partial charge is 0.394 e. The van der Waals surface area contributed by atoms with E-state index in [4.69, 9.17) is 40.7 Å². The van der Waals surface area contributed by atoms with Crippen molar-refractivity contribution in [3.8, 4) is 6.07 Å². The summed E-state index contributed by atoms with van der Waals surface area (Å²) in [6.07, 6.45) is 0. The number of nitriles is 1. The summed E-state index contributed by atoms with van der Waals surface area (Å²) < 4.78 is 59.5. The molecule has 1 fully saturated rings. The van der Waals surface area contributed by atoms with Gasteiger partial charge in [0.1, 0.15) is 0 Å². The van der Waals surface area contributed by atoms with E-state index in [0.29, 0.717) is 46.7 Å². The molecular formula is C18H19Cl2N3O6S3. The molecule has 1 aliphatic heterocycles. The molecule has 0 bridgehead atoms. The van der Waals surface area contributed by atoms with Gasteiger partial charge in [-0.15, -0.1) is 0 Å². The number of benzene rings is 2. The fourth-order valence-electron chi connectivity index (χ4n) is 2.75. The van der Waals surface area contributed by atoms with E-state index < -0.39 is 20.4 Å². The minimum absolute atomic E-state index is 0.132. The lowest BCUT2D eigenvalue weighted by Crippen LogP contribution is -2.47. The molecule has 0 spiro atoms. The summed E-state index contributed by atoms with van der Waals surface area (Å²) in [5.41, 5.74) is 0.302. The number of hydrogen-bond acceptors (Lipinski definition) is 7. The molecule has 3 rings (SSSR count). The van der Waals surface area contributed by atoms with Crippen LogP contribution in [-0.4, -0.2) is 68.4 Å². The molecular weight excluding hydrogens is 521 g/mol. The standard InChI is InChI=1S/C18H17Cl2N3O2S2.H2O4S/c1-22-4-6-23(7-5-22)27(24,25)18-8-13(12-21)2-3-17(18)26-16-10-14(19)9-15(20)11-16;1-5(2,3)4/h2-3,8-11H,4-7H2,1H3;(H2,1,2,3,4). The predicted octanol–water partition coefficient (Wildman–Crippen LogP) is 3.30. The average molecular weight is 540 g/mol. The SMILES string of the molecule is CN1CCN(S(=O)(=O)c2cc(C#N)ccc2Sc2cc(Cl)cc(Cl)c2)CC1.O=S(=O)(O)O. The number of sulfonamides is 1. The molecule has 0 atom stereocenters. The zero-order valence-electron chi connectivity index (χ0n) is 16.6. The van der Waals surface area contributed by atoms with E-state index in [2.05, 4.69) is 4.90 Å². The third-order valence-corrected chi connectivity index (χ3v) is 7.77. The highest BCUT2D eigenvalue weighted by atomic mass is 35.5. The first-order chi connectivity index (χ1) is 14.8. The molecule has 0 radical (unpaired) electrons. The Kier molecular flexibility index (Phi) is 9.35. The maximum Gasteiger partial charge on any atom is 0.394 e. The highest BCUT2D eigenvalue weighted by Gasteiger charge is 2.30. The Hall–Kier alpha value is -1.40. The van der Waals surface area contributed by atoms with Crippen molar-refractivity contribution in [1.29, 1.82) is 5.26 Å². The number of piperazine rings is 1. The Labute approximate surface area is 201 Å². The van der Waals surface area contributed by atoms with Crippen molar-refractivity contribution in [2.75, 3.05) is 33.2 Å². The number of nitrogens with zero attached hydrogens (tertiary/aromatic N) is 3. The molecule has 0 unspecified atom stereocenters. The number of halogens is 2. The maximum absolute atomic E-state index is 13.2. The normalized spacial score (nSPS) is 15.5. The zero-order valence-corrected chi connectivity index (χ0v) is 20.6. The lowest BCUT2D eigenvalue weighted by Gasteiger charge is -2.32. The van der Waals surface area contributed by atoms with Gasteiger partial charge >= 0.3 is 10.4 Å². The van der Waals surface area contributed by atoms with Crippen LogP contribution in [0.4, 0.5) is 0 Å². The fraction of sp³-hybridized carbons (Fsp3) is 0.278. The molecule has 0 saturated carbocycles. The van der Waals surface area contributed by atoms with E-state index in [1.807, 2.05) is 13.1 Å². The van der Waals surface area contributed by atoms with Crippen LogP contribution in [0.25, 0.3) is 0 Å². The van der Waals surface area contributed by atoms with Crippen LogP contribution in [0.5, 0.6) is 0 Å². The topological polar surface area (TPSA) is 139 Å². The van der Waals surface area contributed by atoms with Crippen LogP contribution in [0.3, 0.4) is 0 Å². The fourth-order valence-corrected chi connectivity index (χ4v) is 6.28.